The van der Waals surface area contributed by atoms with Crippen LogP contribution in [-0.2, 0) is 15.2 Å². The molecule has 1 atom stereocenters. The van der Waals surface area contributed by atoms with Gasteiger partial charge in [0.15, 0.2) is 11.4 Å². The molecule has 0 spiro atoms. The van der Waals surface area contributed by atoms with Gasteiger partial charge in [0.1, 0.15) is 0 Å². The average molecular weight is 328 g/mol. The van der Waals surface area contributed by atoms with Crippen LogP contribution in [0.25, 0.3) is 6.08 Å². The molecule has 1 aliphatic heterocycles. The molecule has 0 saturated heterocycles. The molecule has 23 heavy (non-hydrogen) atoms. The number of halogens is 1. The van der Waals surface area contributed by atoms with Crippen LogP contribution < -0.4 is 5.32 Å². The van der Waals surface area contributed by atoms with Crippen LogP contribution in [-0.4, -0.2) is 16.8 Å². The van der Waals surface area contributed by atoms with Crippen LogP contribution in [0.3, 0.4) is 0 Å². The highest BCUT2D eigenvalue weighted by molar-refractivity contribution is 6.31. The van der Waals surface area contributed by atoms with Gasteiger partial charge in [-0.05, 0) is 29.8 Å². The van der Waals surface area contributed by atoms with Crippen LogP contribution in [0.5, 0.6) is 0 Å². The highest BCUT2D eigenvalue weighted by Crippen LogP contribution is 2.39. The van der Waals surface area contributed by atoms with E-state index in [0.717, 1.165) is 5.56 Å². The van der Waals surface area contributed by atoms with Crippen molar-refractivity contribution >= 4 is 35.1 Å². The van der Waals surface area contributed by atoms with E-state index in [4.69, 9.17) is 11.6 Å². The van der Waals surface area contributed by atoms with Gasteiger partial charge >= 0.3 is 0 Å². The fourth-order valence-corrected chi connectivity index (χ4v) is 2.73. The van der Waals surface area contributed by atoms with Crippen molar-refractivity contribution in [3.63, 3.8) is 0 Å². The maximum atomic E-state index is 12.2. The summed E-state index contributed by atoms with van der Waals surface area (Å²) in [5.74, 6) is -0.962. The summed E-state index contributed by atoms with van der Waals surface area (Å²) in [5, 5.41) is 13.6. The number of allylic oxidation sites excluding steroid dienone is 1. The normalized spacial score (nSPS) is 19.7. The summed E-state index contributed by atoms with van der Waals surface area (Å²) < 4.78 is 0. The van der Waals surface area contributed by atoms with Crippen LogP contribution in [0.2, 0.25) is 5.02 Å². The Morgan fingerprint density at radius 2 is 1.96 bits per heavy atom. The van der Waals surface area contributed by atoms with Gasteiger partial charge < -0.3 is 10.4 Å². The van der Waals surface area contributed by atoms with E-state index in [2.05, 4.69) is 5.32 Å². The molecule has 0 saturated carbocycles. The van der Waals surface area contributed by atoms with Crippen molar-refractivity contribution in [3.05, 3.63) is 70.8 Å². The third-order valence-corrected chi connectivity index (χ3v) is 3.98. The van der Waals surface area contributed by atoms with Crippen LogP contribution in [0.4, 0.5) is 5.69 Å². The molecule has 2 N–H and O–H groups in total. The van der Waals surface area contributed by atoms with Gasteiger partial charge in [0, 0.05) is 16.3 Å². The van der Waals surface area contributed by atoms with Crippen molar-refractivity contribution in [2.24, 2.45) is 0 Å². The molecule has 0 aliphatic carbocycles. The number of ketones is 1. The van der Waals surface area contributed by atoms with Crippen LogP contribution in [0.15, 0.2) is 54.6 Å². The van der Waals surface area contributed by atoms with E-state index < -0.39 is 11.5 Å². The van der Waals surface area contributed by atoms with Gasteiger partial charge in [0.05, 0.1) is 6.42 Å². The van der Waals surface area contributed by atoms with E-state index in [0.29, 0.717) is 16.3 Å². The lowest BCUT2D eigenvalue weighted by atomic mass is 9.89. The van der Waals surface area contributed by atoms with Crippen molar-refractivity contribution < 1.29 is 14.7 Å². The predicted molar refractivity (Wildman–Crippen MR) is 89.1 cm³/mol. The molecule has 0 bridgehead atoms. The molecule has 2 aromatic rings. The Bertz CT molecular complexity index is 801. The van der Waals surface area contributed by atoms with E-state index in [1.165, 1.54) is 12.1 Å². The summed E-state index contributed by atoms with van der Waals surface area (Å²) in [4.78, 5) is 24.3. The monoisotopic (exact) mass is 327 g/mol. The standard InChI is InChI=1S/C18H14ClNO3/c19-13-7-9-16-15(10-13)18(23,17(22)20-16)11-14(21)8-6-12-4-2-1-3-5-12/h1-10,23H,11H2,(H,20,22)/b8-6-/t18-/m1/s1. The fourth-order valence-electron chi connectivity index (χ4n) is 2.56. The fraction of sp³-hybridized carbons (Fsp3) is 0.111. The first-order valence-electron chi connectivity index (χ1n) is 7.09. The summed E-state index contributed by atoms with van der Waals surface area (Å²) in [6.45, 7) is 0. The molecule has 0 radical (unpaired) electrons. The van der Waals surface area contributed by atoms with Gasteiger partial charge in [0.25, 0.3) is 5.91 Å². The number of carbonyl (C=O) groups excluding carboxylic acids is 2. The number of hydrogen-bond donors (Lipinski definition) is 2. The first kappa shape index (κ1) is 15.5. The zero-order valence-corrected chi connectivity index (χ0v) is 12.9. The minimum absolute atomic E-state index is 0.330. The second-order valence-electron chi connectivity index (χ2n) is 5.39. The smallest absolute Gasteiger partial charge is 0.261 e. The molecule has 5 heteroatoms. The molecular weight excluding hydrogens is 314 g/mol. The van der Waals surface area contributed by atoms with Crippen molar-refractivity contribution in [2.45, 2.75) is 12.0 Å². The Morgan fingerprint density at radius 3 is 2.70 bits per heavy atom. The quantitative estimate of drug-likeness (QED) is 0.848. The number of fused-ring (bicyclic) bond motifs is 1. The Balaban J connectivity index is 1.82. The van der Waals surface area contributed by atoms with Gasteiger partial charge in [-0.2, -0.15) is 0 Å². The van der Waals surface area contributed by atoms with E-state index in [1.807, 2.05) is 30.3 Å². The maximum absolute atomic E-state index is 12.2. The summed E-state index contributed by atoms with van der Waals surface area (Å²) in [5.41, 5.74) is -0.219. The predicted octanol–water partition coefficient (Wildman–Crippen LogP) is 3.15. The largest absolute Gasteiger partial charge is 0.375 e. The molecular formula is C18H14ClNO3. The third kappa shape index (κ3) is 3.04. The summed E-state index contributed by atoms with van der Waals surface area (Å²) >= 11 is 5.93. The zero-order valence-electron chi connectivity index (χ0n) is 12.1. The SMILES string of the molecule is O=C(/C=C\c1ccccc1)C[C@]1(O)C(=O)Nc2ccc(Cl)cc21. The Hall–Kier alpha value is -2.43. The molecule has 1 amide bonds. The van der Waals surface area contributed by atoms with E-state index in [1.54, 1.807) is 18.2 Å². The van der Waals surface area contributed by atoms with Crippen molar-refractivity contribution in [1.82, 2.24) is 0 Å². The number of aliphatic hydroxyl groups is 1. The maximum Gasteiger partial charge on any atom is 0.261 e. The second kappa shape index (κ2) is 5.99. The summed E-state index contributed by atoms with van der Waals surface area (Å²) in [7, 11) is 0. The van der Waals surface area contributed by atoms with Gasteiger partial charge in [-0.1, -0.05) is 48.0 Å². The van der Waals surface area contributed by atoms with Crippen molar-refractivity contribution in [2.75, 3.05) is 5.32 Å². The molecule has 1 aliphatic rings. The van der Waals surface area contributed by atoms with E-state index >= 15 is 0 Å². The first-order valence-corrected chi connectivity index (χ1v) is 7.47. The number of anilines is 1. The molecule has 0 fully saturated rings. The van der Waals surface area contributed by atoms with Crippen LogP contribution >= 0.6 is 11.6 Å². The van der Waals surface area contributed by atoms with E-state index in [9.17, 15) is 14.7 Å². The minimum Gasteiger partial charge on any atom is -0.375 e. The minimum atomic E-state index is -1.89. The van der Waals surface area contributed by atoms with Gasteiger partial charge in [-0.3, -0.25) is 9.59 Å². The van der Waals surface area contributed by atoms with Gasteiger partial charge in [-0.15, -0.1) is 0 Å². The number of rotatable bonds is 4. The van der Waals surface area contributed by atoms with Crippen molar-refractivity contribution in [3.8, 4) is 0 Å². The molecule has 1 heterocycles. The first-order chi connectivity index (χ1) is 11.0. The molecule has 116 valence electrons. The topological polar surface area (TPSA) is 66.4 Å². The number of hydrogen-bond acceptors (Lipinski definition) is 3. The lowest BCUT2D eigenvalue weighted by molar-refractivity contribution is -0.138. The van der Waals surface area contributed by atoms with E-state index in [-0.39, 0.29) is 12.2 Å². The Morgan fingerprint density at radius 1 is 1.22 bits per heavy atom. The average Bonchev–Trinajstić information content (AvgIpc) is 2.78. The molecule has 0 unspecified atom stereocenters. The van der Waals surface area contributed by atoms with Crippen LogP contribution in [0.1, 0.15) is 17.5 Å². The second-order valence-corrected chi connectivity index (χ2v) is 5.83. The lowest BCUT2D eigenvalue weighted by Gasteiger charge is -2.19. The zero-order chi connectivity index (χ0) is 16.4. The Labute approximate surface area is 138 Å². The number of amides is 1. The number of nitrogens with one attached hydrogen (secondary N) is 1. The highest BCUT2D eigenvalue weighted by Gasteiger charge is 2.46. The van der Waals surface area contributed by atoms with Crippen molar-refractivity contribution in [1.29, 1.82) is 0 Å². The third-order valence-electron chi connectivity index (χ3n) is 3.74. The lowest BCUT2D eigenvalue weighted by Crippen LogP contribution is -2.36. The molecule has 4 nitrogen and oxygen atoms in total. The highest BCUT2D eigenvalue weighted by atomic mass is 35.5. The number of benzene rings is 2. The molecule has 3 rings (SSSR count). The number of carbonyl (C=O) groups is 2. The van der Waals surface area contributed by atoms with Gasteiger partial charge in [0.2, 0.25) is 0 Å². The van der Waals surface area contributed by atoms with Crippen LogP contribution in [0, 0.1) is 0 Å². The molecule has 0 aromatic heterocycles. The molecule has 2 aromatic carbocycles. The summed E-state index contributed by atoms with van der Waals surface area (Å²) in [6, 6.07) is 14.0. The Kier molecular flexibility index (Phi) is 4.03. The van der Waals surface area contributed by atoms with Gasteiger partial charge in [-0.25, -0.2) is 0 Å². The summed E-state index contributed by atoms with van der Waals surface area (Å²) in [6.07, 6.45) is 2.68.